The van der Waals surface area contributed by atoms with E-state index in [1.54, 1.807) is 18.2 Å². The molecule has 2 heterocycles. The minimum absolute atomic E-state index is 0.0607. The lowest BCUT2D eigenvalue weighted by Crippen LogP contribution is -2.44. The van der Waals surface area contributed by atoms with Crippen molar-refractivity contribution in [3.63, 3.8) is 0 Å². The highest BCUT2D eigenvalue weighted by atomic mass is 16.6. The molecule has 0 saturated carbocycles. The summed E-state index contributed by atoms with van der Waals surface area (Å²) in [5, 5.41) is 10.8. The Hall–Kier alpha value is -4.41. The first kappa shape index (κ1) is 20.3. The monoisotopic (exact) mass is 412 g/mol. The van der Waals surface area contributed by atoms with Crippen LogP contribution in [0.1, 0.15) is 16.3 Å². The van der Waals surface area contributed by atoms with Gasteiger partial charge in [0.15, 0.2) is 5.76 Å². The number of amides is 2. The zero-order chi connectivity index (χ0) is 21.5. The summed E-state index contributed by atoms with van der Waals surface area (Å²) in [7, 11) is 0. The molecule has 2 N–H and O–H groups in total. The fourth-order valence-corrected chi connectivity index (χ4v) is 2.38. The minimum atomic E-state index is -0.759. The third kappa shape index (κ3) is 5.32. The van der Waals surface area contributed by atoms with Gasteiger partial charge in [-0.25, -0.2) is 0 Å². The van der Waals surface area contributed by atoms with E-state index >= 15 is 0 Å². The fraction of sp³-hybridized carbons (Fsp3) is 0.105. The number of nitrogens with zero attached hydrogens (tertiary/aromatic N) is 2. The van der Waals surface area contributed by atoms with Gasteiger partial charge in [0.05, 0.1) is 11.1 Å². The van der Waals surface area contributed by atoms with E-state index in [2.05, 4.69) is 10.9 Å². The van der Waals surface area contributed by atoms with Crippen molar-refractivity contribution in [1.82, 2.24) is 15.4 Å². The van der Waals surface area contributed by atoms with Crippen LogP contribution in [-0.4, -0.2) is 21.3 Å². The van der Waals surface area contributed by atoms with Crippen LogP contribution in [0.2, 0.25) is 0 Å². The molecular formula is C19H16N4O7. The molecule has 0 radical (unpaired) electrons. The number of hydrogen-bond donors (Lipinski definition) is 2. The van der Waals surface area contributed by atoms with Crippen molar-refractivity contribution in [3.05, 3.63) is 92.8 Å². The number of carbonyl (C=O) groups is 2. The number of nitrogens with one attached hydrogen (secondary N) is 2. The molecule has 0 aliphatic rings. The molecule has 2 amide bonds. The number of hydrogen-bond acceptors (Lipinski definition) is 7. The smallest absolute Gasteiger partial charge is 0.305 e. The van der Waals surface area contributed by atoms with Crippen molar-refractivity contribution >= 4 is 17.5 Å². The summed E-state index contributed by atoms with van der Waals surface area (Å²) in [6.45, 7) is -0.408. The Morgan fingerprint density at radius 1 is 1.07 bits per heavy atom. The lowest BCUT2D eigenvalue weighted by molar-refractivity contribution is -0.385. The molecule has 11 nitrogen and oxygen atoms in total. The zero-order valence-corrected chi connectivity index (χ0v) is 15.4. The number of para-hydroxylation sites is 1. The first-order chi connectivity index (χ1) is 14.4. The van der Waals surface area contributed by atoms with Gasteiger partial charge in [-0.1, -0.05) is 18.2 Å². The summed E-state index contributed by atoms with van der Waals surface area (Å²) < 4.78 is 11.7. The maximum atomic E-state index is 12.1. The summed E-state index contributed by atoms with van der Waals surface area (Å²) in [5.74, 6) is -0.498. The van der Waals surface area contributed by atoms with Crippen LogP contribution in [0.4, 0.5) is 5.69 Å². The van der Waals surface area contributed by atoms with E-state index < -0.39 is 28.8 Å². The summed E-state index contributed by atoms with van der Waals surface area (Å²) in [6.07, 6.45) is 0.940. The van der Waals surface area contributed by atoms with Crippen molar-refractivity contribution in [2.75, 3.05) is 0 Å². The second kappa shape index (κ2) is 9.19. The van der Waals surface area contributed by atoms with Gasteiger partial charge in [-0.3, -0.25) is 39.9 Å². The van der Waals surface area contributed by atoms with E-state index in [1.807, 2.05) is 18.2 Å². The van der Waals surface area contributed by atoms with Crippen molar-refractivity contribution < 1.29 is 23.7 Å². The number of pyridine rings is 1. The van der Waals surface area contributed by atoms with Crippen LogP contribution in [0.25, 0.3) is 0 Å². The molecule has 0 saturated heterocycles. The van der Waals surface area contributed by atoms with E-state index in [9.17, 15) is 24.5 Å². The van der Waals surface area contributed by atoms with Crippen molar-refractivity contribution in [2.45, 2.75) is 13.2 Å². The Balaban J connectivity index is 1.51. The first-order valence-corrected chi connectivity index (χ1v) is 8.63. The van der Waals surface area contributed by atoms with E-state index in [-0.39, 0.29) is 18.1 Å². The molecule has 3 rings (SSSR count). The standard InChI is InChI=1S/C19H16N4O7/c24-17(11-22-10-13(23(27)28)6-9-18(22)25)20-21-19(26)16-8-7-15(30-16)12-29-14-4-2-1-3-5-14/h1-10H,11-12H2,(H,20,24)(H,21,26). The van der Waals surface area contributed by atoms with Gasteiger partial charge >= 0.3 is 5.91 Å². The van der Waals surface area contributed by atoms with Crippen LogP contribution in [0.5, 0.6) is 5.75 Å². The largest absolute Gasteiger partial charge is 0.486 e. The van der Waals surface area contributed by atoms with Gasteiger partial charge in [0.1, 0.15) is 24.7 Å². The lowest BCUT2D eigenvalue weighted by atomic mass is 10.3. The molecule has 2 aromatic heterocycles. The molecule has 0 unspecified atom stereocenters. The molecule has 154 valence electrons. The highest BCUT2D eigenvalue weighted by Crippen LogP contribution is 2.13. The average molecular weight is 412 g/mol. The first-order valence-electron chi connectivity index (χ1n) is 8.63. The molecule has 0 fully saturated rings. The fourth-order valence-electron chi connectivity index (χ4n) is 2.38. The van der Waals surface area contributed by atoms with Crippen LogP contribution in [-0.2, 0) is 17.9 Å². The summed E-state index contributed by atoms with van der Waals surface area (Å²) in [5.41, 5.74) is 3.31. The quantitative estimate of drug-likeness (QED) is 0.440. The third-order valence-corrected chi connectivity index (χ3v) is 3.82. The number of benzene rings is 1. The number of furan rings is 1. The van der Waals surface area contributed by atoms with E-state index in [0.29, 0.717) is 11.5 Å². The third-order valence-electron chi connectivity index (χ3n) is 3.82. The molecule has 30 heavy (non-hydrogen) atoms. The second-order valence-corrected chi connectivity index (χ2v) is 5.98. The maximum Gasteiger partial charge on any atom is 0.305 e. The van der Waals surface area contributed by atoms with E-state index in [4.69, 9.17) is 9.15 Å². The van der Waals surface area contributed by atoms with Gasteiger partial charge in [-0.2, -0.15) is 0 Å². The number of carbonyl (C=O) groups excluding carboxylic acids is 2. The lowest BCUT2D eigenvalue weighted by Gasteiger charge is -2.07. The average Bonchev–Trinajstić information content (AvgIpc) is 3.22. The number of rotatable bonds is 7. The van der Waals surface area contributed by atoms with Gasteiger partial charge in [0.25, 0.3) is 17.2 Å². The van der Waals surface area contributed by atoms with Gasteiger partial charge in [-0.15, -0.1) is 0 Å². The number of aromatic nitrogens is 1. The van der Waals surface area contributed by atoms with Crippen molar-refractivity contribution in [1.29, 1.82) is 0 Å². The Bertz CT molecular complexity index is 1120. The Morgan fingerprint density at radius 2 is 1.83 bits per heavy atom. The molecular weight excluding hydrogens is 396 g/mol. The molecule has 0 spiro atoms. The molecule has 1 aromatic carbocycles. The predicted octanol–water partition coefficient (Wildman–Crippen LogP) is 1.39. The zero-order valence-electron chi connectivity index (χ0n) is 15.4. The summed E-state index contributed by atoms with van der Waals surface area (Å²) >= 11 is 0. The molecule has 0 bridgehead atoms. The Labute approximate surface area is 169 Å². The summed E-state index contributed by atoms with van der Waals surface area (Å²) in [4.78, 5) is 45.8. The molecule has 0 aliphatic heterocycles. The van der Waals surface area contributed by atoms with Crippen LogP contribution in [0.15, 0.2) is 70.0 Å². The highest BCUT2D eigenvalue weighted by Gasteiger charge is 2.14. The number of hydrazine groups is 1. The number of nitro groups is 1. The number of ether oxygens (including phenoxy) is 1. The van der Waals surface area contributed by atoms with Crippen LogP contribution >= 0.6 is 0 Å². The van der Waals surface area contributed by atoms with Crippen molar-refractivity contribution in [3.8, 4) is 5.75 Å². The van der Waals surface area contributed by atoms with Gasteiger partial charge in [0, 0.05) is 12.1 Å². The van der Waals surface area contributed by atoms with Gasteiger partial charge in [0.2, 0.25) is 0 Å². The Kier molecular flexibility index (Phi) is 6.23. The molecule has 0 atom stereocenters. The van der Waals surface area contributed by atoms with E-state index in [1.165, 1.54) is 6.07 Å². The highest BCUT2D eigenvalue weighted by molar-refractivity contribution is 5.92. The van der Waals surface area contributed by atoms with Crippen LogP contribution in [0, 0.1) is 10.1 Å². The molecule has 3 aromatic rings. The van der Waals surface area contributed by atoms with Crippen molar-refractivity contribution in [2.24, 2.45) is 0 Å². The molecule has 11 heteroatoms. The summed E-state index contributed by atoms with van der Waals surface area (Å²) in [6, 6.07) is 14.0. The Morgan fingerprint density at radius 3 is 2.57 bits per heavy atom. The predicted molar refractivity (Wildman–Crippen MR) is 102 cm³/mol. The van der Waals surface area contributed by atoms with Gasteiger partial charge in [-0.05, 0) is 24.3 Å². The van der Waals surface area contributed by atoms with Crippen LogP contribution in [0.3, 0.4) is 0 Å². The topological polar surface area (TPSA) is 146 Å². The van der Waals surface area contributed by atoms with Gasteiger partial charge < -0.3 is 9.15 Å². The van der Waals surface area contributed by atoms with Crippen LogP contribution < -0.4 is 21.1 Å². The minimum Gasteiger partial charge on any atom is -0.486 e. The normalized spacial score (nSPS) is 10.3. The van der Waals surface area contributed by atoms with E-state index in [0.717, 1.165) is 22.9 Å². The molecule has 0 aliphatic carbocycles. The SMILES string of the molecule is O=C(Cn1cc([N+](=O)[O-])ccc1=O)NNC(=O)c1ccc(COc2ccccc2)o1. The second-order valence-electron chi connectivity index (χ2n) is 5.98. The maximum absolute atomic E-state index is 12.1.